The van der Waals surface area contributed by atoms with Gasteiger partial charge in [0.15, 0.2) is 5.13 Å². The third-order valence-corrected chi connectivity index (χ3v) is 2.61. The molecule has 0 fully saturated rings. The molecule has 12 heavy (non-hydrogen) atoms. The van der Waals surface area contributed by atoms with Crippen LogP contribution in [0.1, 0.15) is 5.56 Å². The monoisotopic (exact) mass is 182 g/mol. The van der Waals surface area contributed by atoms with Crippen LogP contribution in [0.5, 0.6) is 0 Å². The molecule has 0 atom stereocenters. The highest BCUT2D eigenvalue weighted by atomic mass is 32.1. The summed E-state index contributed by atoms with van der Waals surface area (Å²) >= 11 is 1.37. The normalized spacial score (nSPS) is 10.8. The van der Waals surface area contributed by atoms with Crippen LogP contribution < -0.4 is 5.73 Å². The van der Waals surface area contributed by atoms with Crippen molar-refractivity contribution in [3.05, 3.63) is 23.5 Å². The molecule has 0 unspecified atom stereocenters. The predicted octanol–water partition coefficient (Wildman–Crippen LogP) is 2.33. The van der Waals surface area contributed by atoms with Gasteiger partial charge in [0.25, 0.3) is 0 Å². The van der Waals surface area contributed by atoms with Crippen molar-refractivity contribution in [3.63, 3.8) is 0 Å². The number of hydrogen-bond donors (Lipinski definition) is 1. The quantitative estimate of drug-likeness (QED) is 0.679. The highest BCUT2D eigenvalue weighted by Gasteiger charge is 2.06. The van der Waals surface area contributed by atoms with Gasteiger partial charge in [-0.05, 0) is 19.1 Å². The van der Waals surface area contributed by atoms with Gasteiger partial charge in [0, 0.05) is 5.56 Å². The topological polar surface area (TPSA) is 38.9 Å². The lowest BCUT2D eigenvalue weighted by Gasteiger charge is -1.94. The fourth-order valence-electron chi connectivity index (χ4n) is 1.12. The van der Waals surface area contributed by atoms with E-state index in [0.717, 1.165) is 4.70 Å². The zero-order valence-electron chi connectivity index (χ0n) is 6.47. The molecule has 62 valence electrons. The first-order valence-corrected chi connectivity index (χ1v) is 4.31. The standard InChI is InChI=1S/C8H7FN2S/c1-4-5(9)2-3-6-7(4)11-8(10)12-6/h2-3H,1H3,(H2,10,11). The van der Waals surface area contributed by atoms with Crippen molar-refractivity contribution in [1.29, 1.82) is 0 Å². The van der Waals surface area contributed by atoms with Crippen LogP contribution in [0.4, 0.5) is 9.52 Å². The lowest BCUT2D eigenvalue weighted by molar-refractivity contribution is 0.620. The average Bonchev–Trinajstić information content (AvgIpc) is 2.39. The van der Waals surface area contributed by atoms with Crippen molar-refractivity contribution in [3.8, 4) is 0 Å². The third kappa shape index (κ3) is 0.956. The molecule has 0 radical (unpaired) electrons. The molecule has 1 aromatic heterocycles. The van der Waals surface area contributed by atoms with Crippen molar-refractivity contribution in [2.24, 2.45) is 0 Å². The van der Waals surface area contributed by atoms with E-state index in [4.69, 9.17) is 5.73 Å². The van der Waals surface area contributed by atoms with Crippen molar-refractivity contribution in [2.75, 3.05) is 5.73 Å². The van der Waals surface area contributed by atoms with Crippen LogP contribution in [0.3, 0.4) is 0 Å². The number of fused-ring (bicyclic) bond motifs is 1. The molecule has 2 nitrogen and oxygen atoms in total. The fourth-order valence-corrected chi connectivity index (χ4v) is 1.91. The minimum Gasteiger partial charge on any atom is -0.375 e. The maximum absolute atomic E-state index is 13.0. The number of halogens is 1. The number of hydrogen-bond acceptors (Lipinski definition) is 3. The molecule has 0 bridgehead atoms. The van der Waals surface area contributed by atoms with Gasteiger partial charge >= 0.3 is 0 Å². The number of nitrogen functional groups attached to an aromatic ring is 1. The van der Waals surface area contributed by atoms with Crippen LogP contribution in [0.2, 0.25) is 0 Å². The highest BCUT2D eigenvalue weighted by molar-refractivity contribution is 7.22. The molecule has 2 aromatic rings. The Labute approximate surface area is 72.8 Å². The van der Waals surface area contributed by atoms with E-state index < -0.39 is 0 Å². The minimum atomic E-state index is -0.229. The Morgan fingerprint density at radius 2 is 2.25 bits per heavy atom. The molecule has 4 heteroatoms. The van der Waals surface area contributed by atoms with E-state index >= 15 is 0 Å². The van der Waals surface area contributed by atoms with Gasteiger partial charge in [0.05, 0.1) is 10.2 Å². The molecule has 0 aliphatic carbocycles. The second kappa shape index (κ2) is 2.42. The summed E-state index contributed by atoms with van der Waals surface area (Å²) in [6, 6.07) is 3.14. The SMILES string of the molecule is Cc1c(F)ccc2sc(N)nc12. The van der Waals surface area contributed by atoms with Crippen LogP contribution in [-0.4, -0.2) is 4.98 Å². The molecule has 2 rings (SSSR count). The van der Waals surface area contributed by atoms with Gasteiger partial charge in [-0.15, -0.1) is 0 Å². The predicted molar refractivity (Wildman–Crippen MR) is 48.7 cm³/mol. The molecule has 1 heterocycles. The van der Waals surface area contributed by atoms with Crippen LogP contribution in [0.25, 0.3) is 10.2 Å². The summed E-state index contributed by atoms with van der Waals surface area (Å²) in [5.74, 6) is -0.229. The fraction of sp³-hybridized carbons (Fsp3) is 0.125. The molecular weight excluding hydrogens is 175 g/mol. The molecule has 0 saturated heterocycles. The zero-order valence-corrected chi connectivity index (χ0v) is 7.28. The number of nitrogens with zero attached hydrogens (tertiary/aromatic N) is 1. The number of aryl methyl sites for hydroxylation is 1. The Hall–Kier alpha value is -1.16. The first-order valence-electron chi connectivity index (χ1n) is 3.49. The number of anilines is 1. The van der Waals surface area contributed by atoms with E-state index in [-0.39, 0.29) is 5.82 Å². The number of rotatable bonds is 0. The van der Waals surface area contributed by atoms with Crippen molar-refractivity contribution in [1.82, 2.24) is 4.98 Å². The average molecular weight is 182 g/mol. The Bertz CT molecular complexity index is 436. The summed E-state index contributed by atoms with van der Waals surface area (Å²) in [4.78, 5) is 4.03. The molecule has 1 aromatic carbocycles. The van der Waals surface area contributed by atoms with E-state index in [2.05, 4.69) is 4.98 Å². The smallest absolute Gasteiger partial charge is 0.181 e. The molecule has 0 aliphatic heterocycles. The maximum atomic E-state index is 13.0. The van der Waals surface area contributed by atoms with Crippen molar-refractivity contribution >= 4 is 26.7 Å². The molecule has 0 spiro atoms. The van der Waals surface area contributed by atoms with E-state index in [9.17, 15) is 4.39 Å². The van der Waals surface area contributed by atoms with Crippen LogP contribution in [0, 0.1) is 12.7 Å². The lowest BCUT2D eigenvalue weighted by atomic mass is 10.2. The largest absolute Gasteiger partial charge is 0.375 e. The summed E-state index contributed by atoms with van der Waals surface area (Å²) in [6.07, 6.45) is 0. The van der Waals surface area contributed by atoms with E-state index in [1.165, 1.54) is 17.4 Å². The Balaban J connectivity index is 2.89. The summed E-state index contributed by atoms with van der Waals surface area (Å²) in [5, 5.41) is 0.485. The molecule has 0 aliphatic rings. The number of thiazole rings is 1. The summed E-state index contributed by atoms with van der Waals surface area (Å²) < 4.78 is 13.9. The Morgan fingerprint density at radius 3 is 3.00 bits per heavy atom. The van der Waals surface area contributed by atoms with Gasteiger partial charge in [0.2, 0.25) is 0 Å². The van der Waals surface area contributed by atoms with Crippen LogP contribution in [0.15, 0.2) is 12.1 Å². The number of benzene rings is 1. The van der Waals surface area contributed by atoms with Gasteiger partial charge in [-0.25, -0.2) is 9.37 Å². The van der Waals surface area contributed by atoms with E-state index in [1.807, 2.05) is 0 Å². The van der Waals surface area contributed by atoms with Gasteiger partial charge < -0.3 is 5.73 Å². The van der Waals surface area contributed by atoms with Gasteiger partial charge in [-0.3, -0.25) is 0 Å². The first kappa shape index (κ1) is 7.49. The van der Waals surface area contributed by atoms with Gasteiger partial charge in [-0.1, -0.05) is 11.3 Å². The third-order valence-electron chi connectivity index (χ3n) is 1.76. The van der Waals surface area contributed by atoms with Crippen LogP contribution >= 0.6 is 11.3 Å². The minimum absolute atomic E-state index is 0.229. The number of nitrogens with two attached hydrogens (primary N) is 1. The Kier molecular flexibility index (Phi) is 1.51. The number of aromatic nitrogens is 1. The second-order valence-corrected chi connectivity index (χ2v) is 3.63. The lowest BCUT2D eigenvalue weighted by Crippen LogP contribution is -1.84. The molecular formula is C8H7FN2S. The highest BCUT2D eigenvalue weighted by Crippen LogP contribution is 2.27. The van der Waals surface area contributed by atoms with E-state index in [0.29, 0.717) is 16.2 Å². The zero-order chi connectivity index (χ0) is 8.72. The summed E-state index contributed by atoms with van der Waals surface area (Å²) in [5.41, 5.74) is 6.74. The summed E-state index contributed by atoms with van der Waals surface area (Å²) in [6.45, 7) is 1.71. The van der Waals surface area contributed by atoms with Gasteiger partial charge in [-0.2, -0.15) is 0 Å². The maximum Gasteiger partial charge on any atom is 0.181 e. The van der Waals surface area contributed by atoms with Crippen molar-refractivity contribution in [2.45, 2.75) is 6.92 Å². The summed E-state index contributed by atoms with van der Waals surface area (Å²) in [7, 11) is 0. The van der Waals surface area contributed by atoms with Gasteiger partial charge in [0.1, 0.15) is 5.82 Å². The molecule has 2 N–H and O–H groups in total. The molecule has 0 saturated carbocycles. The Morgan fingerprint density at radius 1 is 1.50 bits per heavy atom. The van der Waals surface area contributed by atoms with Crippen molar-refractivity contribution < 1.29 is 4.39 Å². The van der Waals surface area contributed by atoms with E-state index in [1.54, 1.807) is 13.0 Å². The second-order valence-electron chi connectivity index (χ2n) is 2.57. The first-order chi connectivity index (χ1) is 5.68. The molecule has 0 amide bonds. The van der Waals surface area contributed by atoms with Crippen LogP contribution in [-0.2, 0) is 0 Å².